The number of carbonyl (C=O) groups is 2. The zero-order valence-corrected chi connectivity index (χ0v) is 15.5. The highest BCUT2D eigenvalue weighted by atomic mass is 16.2. The molecule has 2 fully saturated rings. The average Bonchev–Trinajstić information content (AvgIpc) is 2.65. The standard InChI is InChI=1S/C20H24N4O3/c1-20(7-3-8-20)19(27)24-9-2-4-15(12-24)22-17(25)13-5-6-16-14(10-13)11-21-23-18(16)26/h5-6,10-11,15H,2-4,7-9,12H2,1H3,(H,22,25)(H,23,26)/t15-/m1/s1. The number of aromatic amines is 1. The molecule has 0 spiro atoms. The summed E-state index contributed by atoms with van der Waals surface area (Å²) in [7, 11) is 0. The fourth-order valence-corrected chi connectivity index (χ4v) is 4.09. The number of likely N-dealkylation sites (tertiary alicyclic amines) is 1. The lowest BCUT2D eigenvalue weighted by Crippen LogP contribution is -2.54. The summed E-state index contributed by atoms with van der Waals surface area (Å²) in [5.74, 6) is 0.0371. The van der Waals surface area contributed by atoms with Crippen molar-refractivity contribution in [3.8, 4) is 0 Å². The number of nitrogens with one attached hydrogen (secondary N) is 2. The molecule has 2 amide bonds. The van der Waals surface area contributed by atoms with Crippen LogP contribution in [0.15, 0.2) is 29.2 Å². The van der Waals surface area contributed by atoms with Crippen LogP contribution in [0.3, 0.4) is 0 Å². The molecule has 2 aromatic rings. The maximum absolute atomic E-state index is 12.8. The fraction of sp³-hybridized carbons (Fsp3) is 0.500. The first-order valence-corrected chi connectivity index (χ1v) is 9.54. The Morgan fingerprint density at radius 2 is 2.11 bits per heavy atom. The van der Waals surface area contributed by atoms with Crippen molar-refractivity contribution >= 4 is 22.6 Å². The van der Waals surface area contributed by atoms with Gasteiger partial charge in [-0.2, -0.15) is 5.10 Å². The second kappa shape index (κ2) is 6.79. The molecule has 1 aromatic carbocycles. The minimum Gasteiger partial charge on any atom is -0.348 e. The van der Waals surface area contributed by atoms with Gasteiger partial charge in [-0.1, -0.05) is 13.3 Å². The zero-order chi connectivity index (χ0) is 19.0. The highest BCUT2D eigenvalue weighted by Gasteiger charge is 2.42. The first-order chi connectivity index (χ1) is 13.0. The van der Waals surface area contributed by atoms with E-state index in [9.17, 15) is 14.4 Å². The van der Waals surface area contributed by atoms with Crippen molar-refractivity contribution in [3.05, 3.63) is 40.3 Å². The second-order valence-electron chi connectivity index (χ2n) is 7.98. The van der Waals surface area contributed by atoms with Crippen molar-refractivity contribution in [2.24, 2.45) is 5.41 Å². The Morgan fingerprint density at radius 1 is 1.30 bits per heavy atom. The molecule has 27 heavy (non-hydrogen) atoms. The van der Waals surface area contributed by atoms with Gasteiger partial charge >= 0.3 is 0 Å². The van der Waals surface area contributed by atoms with Gasteiger partial charge < -0.3 is 10.2 Å². The monoisotopic (exact) mass is 368 g/mol. The molecule has 1 atom stereocenters. The van der Waals surface area contributed by atoms with Gasteiger partial charge in [-0.3, -0.25) is 14.4 Å². The number of amides is 2. The van der Waals surface area contributed by atoms with Crippen LogP contribution < -0.4 is 10.9 Å². The Balaban J connectivity index is 1.44. The summed E-state index contributed by atoms with van der Waals surface area (Å²) < 4.78 is 0. The van der Waals surface area contributed by atoms with Gasteiger partial charge in [-0.25, -0.2) is 5.10 Å². The molecule has 2 aliphatic rings. The SMILES string of the molecule is CC1(C(=O)N2CCC[C@@H](NC(=O)c3ccc4c(=O)[nH]ncc4c3)C2)CCC1. The summed E-state index contributed by atoms with van der Waals surface area (Å²) in [6.45, 7) is 3.38. The Hall–Kier alpha value is -2.70. The molecular formula is C20H24N4O3. The summed E-state index contributed by atoms with van der Waals surface area (Å²) in [5, 5.41) is 10.3. The number of carbonyl (C=O) groups excluding carboxylic acids is 2. The summed E-state index contributed by atoms with van der Waals surface area (Å²) in [6, 6.07) is 4.91. The van der Waals surface area contributed by atoms with Crippen LogP contribution in [0.2, 0.25) is 0 Å². The Labute approximate surface area is 157 Å². The number of H-pyrrole nitrogens is 1. The first-order valence-electron chi connectivity index (χ1n) is 9.54. The highest BCUT2D eigenvalue weighted by Crippen LogP contribution is 2.42. The van der Waals surface area contributed by atoms with E-state index in [0.717, 1.165) is 38.6 Å². The Bertz CT molecular complexity index is 948. The predicted molar refractivity (Wildman–Crippen MR) is 101 cm³/mol. The lowest BCUT2D eigenvalue weighted by Gasteiger charge is -2.43. The van der Waals surface area contributed by atoms with E-state index in [0.29, 0.717) is 22.9 Å². The molecule has 1 aliphatic carbocycles. The van der Waals surface area contributed by atoms with Crippen LogP contribution in [-0.4, -0.2) is 46.0 Å². The van der Waals surface area contributed by atoms with Crippen LogP contribution in [0.5, 0.6) is 0 Å². The molecule has 7 nitrogen and oxygen atoms in total. The molecule has 1 aromatic heterocycles. The number of piperidine rings is 1. The van der Waals surface area contributed by atoms with E-state index in [2.05, 4.69) is 15.5 Å². The third-order valence-corrected chi connectivity index (χ3v) is 5.95. The van der Waals surface area contributed by atoms with Gasteiger partial charge in [0.15, 0.2) is 0 Å². The molecule has 2 N–H and O–H groups in total. The number of nitrogens with zero attached hydrogens (tertiary/aromatic N) is 2. The van der Waals surface area contributed by atoms with Crippen LogP contribution >= 0.6 is 0 Å². The van der Waals surface area contributed by atoms with E-state index in [-0.39, 0.29) is 28.8 Å². The molecule has 4 rings (SSSR count). The van der Waals surface area contributed by atoms with Crippen LogP contribution in [0.25, 0.3) is 10.8 Å². The largest absolute Gasteiger partial charge is 0.348 e. The van der Waals surface area contributed by atoms with Crippen molar-refractivity contribution < 1.29 is 9.59 Å². The number of benzene rings is 1. The Morgan fingerprint density at radius 3 is 2.85 bits per heavy atom. The van der Waals surface area contributed by atoms with Crippen LogP contribution in [0.1, 0.15) is 49.4 Å². The third-order valence-electron chi connectivity index (χ3n) is 5.95. The van der Waals surface area contributed by atoms with Crippen molar-refractivity contribution in [1.29, 1.82) is 0 Å². The number of fused-ring (bicyclic) bond motifs is 1. The van der Waals surface area contributed by atoms with Gasteiger partial charge in [-0.15, -0.1) is 0 Å². The van der Waals surface area contributed by atoms with Crippen molar-refractivity contribution in [2.75, 3.05) is 13.1 Å². The molecule has 1 aliphatic heterocycles. The van der Waals surface area contributed by atoms with Gasteiger partial charge in [0.1, 0.15) is 0 Å². The highest BCUT2D eigenvalue weighted by molar-refractivity contribution is 5.98. The van der Waals surface area contributed by atoms with Gasteiger partial charge in [0.25, 0.3) is 11.5 Å². The number of hydrogen-bond donors (Lipinski definition) is 2. The maximum Gasteiger partial charge on any atom is 0.272 e. The first kappa shape index (κ1) is 17.7. The number of rotatable bonds is 3. The van der Waals surface area contributed by atoms with E-state index < -0.39 is 0 Å². The van der Waals surface area contributed by atoms with E-state index in [1.54, 1.807) is 18.2 Å². The number of aromatic nitrogens is 2. The lowest BCUT2D eigenvalue weighted by molar-refractivity contribution is -0.147. The summed E-state index contributed by atoms with van der Waals surface area (Å²) in [5.41, 5.74) is 0.0132. The van der Waals surface area contributed by atoms with Gasteiger partial charge in [0.05, 0.1) is 11.6 Å². The maximum atomic E-state index is 12.8. The van der Waals surface area contributed by atoms with Gasteiger partial charge in [0, 0.05) is 35.5 Å². The molecule has 2 heterocycles. The molecule has 0 bridgehead atoms. The normalized spacial score (nSPS) is 21.5. The molecule has 1 saturated carbocycles. The molecule has 1 saturated heterocycles. The summed E-state index contributed by atoms with van der Waals surface area (Å²) >= 11 is 0. The number of hydrogen-bond acceptors (Lipinski definition) is 4. The lowest BCUT2D eigenvalue weighted by atomic mass is 9.69. The average molecular weight is 368 g/mol. The van der Waals surface area contributed by atoms with E-state index in [1.807, 2.05) is 11.8 Å². The quantitative estimate of drug-likeness (QED) is 0.864. The second-order valence-corrected chi connectivity index (χ2v) is 7.98. The fourth-order valence-electron chi connectivity index (χ4n) is 4.09. The van der Waals surface area contributed by atoms with Gasteiger partial charge in [0.2, 0.25) is 5.91 Å². The van der Waals surface area contributed by atoms with Crippen LogP contribution in [0, 0.1) is 5.41 Å². The summed E-state index contributed by atoms with van der Waals surface area (Å²) in [6.07, 6.45) is 6.34. The van der Waals surface area contributed by atoms with Crippen molar-refractivity contribution in [3.63, 3.8) is 0 Å². The molecular weight excluding hydrogens is 344 g/mol. The van der Waals surface area contributed by atoms with E-state index in [4.69, 9.17) is 0 Å². The minimum atomic E-state index is -0.273. The predicted octanol–water partition coefficient (Wildman–Crippen LogP) is 1.83. The summed E-state index contributed by atoms with van der Waals surface area (Å²) in [4.78, 5) is 39.1. The zero-order valence-electron chi connectivity index (χ0n) is 15.5. The van der Waals surface area contributed by atoms with Gasteiger partial charge in [-0.05, 0) is 43.9 Å². The molecule has 0 radical (unpaired) electrons. The van der Waals surface area contributed by atoms with Crippen LogP contribution in [-0.2, 0) is 4.79 Å². The molecule has 0 unspecified atom stereocenters. The Kier molecular flexibility index (Phi) is 4.45. The molecule has 7 heteroatoms. The van der Waals surface area contributed by atoms with Crippen LogP contribution in [0.4, 0.5) is 0 Å². The van der Waals surface area contributed by atoms with Crippen molar-refractivity contribution in [2.45, 2.75) is 45.1 Å². The van der Waals surface area contributed by atoms with Crippen molar-refractivity contribution in [1.82, 2.24) is 20.4 Å². The van der Waals surface area contributed by atoms with E-state index in [1.165, 1.54) is 6.20 Å². The third kappa shape index (κ3) is 3.34. The molecule has 142 valence electrons. The topological polar surface area (TPSA) is 95.2 Å². The smallest absolute Gasteiger partial charge is 0.272 e. The van der Waals surface area contributed by atoms with E-state index >= 15 is 0 Å². The minimum absolute atomic E-state index is 0.0492.